The molecule has 0 bridgehead atoms. The van der Waals surface area contributed by atoms with E-state index in [1.54, 1.807) is 0 Å². The second-order valence-corrected chi connectivity index (χ2v) is 2.54. The Morgan fingerprint density at radius 2 is 1.75 bits per heavy atom. The fourth-order valence-electron chi connectivity index (χ4n) is 1.30. The van der Waals surface area contributed by atoms with Crippen molar-refractivity contribution in [3.63, 3.8) is 0 Å². The number of rotatable bonds is 0. The first-order valence-electron chi connectivity index (χ1n) is 3.33. The third-order valence-electron chi connectivity index (χ3n) is 1.90. The summed E-state index contributed by atoms with van der Waals surface area (Å²) >= 11 is 0. The largest absolute Gasteiger partial charge is 0.369 e. The SMILES string of the molecule is C1C[C@@H]2O[C@@H]2CCN1. The van der Waals surface area contributed by atoms with Crippen LogP contribution in [0.5, 0.6) is 0 Å². The van der Waals surface area contributed by atoms with E-state index in [4.69, 9.17) is 4.74 Å². The highest BCUT2D eigenvalue weighted by molar-refractivity contribution is 4.87. The normalized spacial score (nSPS) is 45.0. The molecule has 0 spiro atoms. The number of fused-ring (bicyclic) bond motifs is 1. The molecule has 2 atom stereocenters. The molecule has 2 rings (SSSR count). The highest BCUT2D eigenvalue weighted by atomic mass is 16.6. The molecule has 0 aromatic heterocycles. The van der Waals surface area contributed by atoms with Gasteiger partial charge in [-0.15, -0.1) is 0 Å². The van der Waals surface area contributed by atoms with Gasteiger partial charge in [-0.25, -0.2) is 0 Å². The van der Waals surface area contributed by atoms with E-state index in [0.29, 0.717) is 12.2 Å². The smallest absolute Gasteiger partial charge is 0.0854 e. The van der Waals surface area contributed by atoms with E-state index in [1.807, 2.05) is 0 Å². The first kappa shape index (κ1) is 4.77. The molecule has 2 heteroatoms. The highest BCUT2D eigenvalue weighted by Gasteiger charge is 2.38. The van der Waals surface area contributed by atoms with E-state index in [1.165, 1.54) is 12.8 Å². The molecular weight excluding hydrogens is 102 g/mol. The molecule has 0 aliphatic carbocycles. The zero-order valence-electron chi connectivity index (χ0n) is 4.89. The second kappa shape index (κ2) is 1.71. The van der Waals surface area contributed by atoms with Gasteiger partial charge in [0, 0.05) is 0 Å². The number of hydrogen-bond donors (Lipinski definition) is 1. The van der Waals surface area contributed by atoms with E-state index in [0.717, 1.165) is 13.1 Å². The second-order valence-electron chi connectivity index (χ2n) is 2.54. The summed E-state index contributed by atoms with van der Waals surface area (Å²) in [6.45, 7) is 2.31. The molecular formula is C6H11NO. The topological polar surface area (TPSA) is 24.6 Å². The Balaban J connectivity index is 1.89. The van der Waals surface area contributed by atoms with Crippen LogP contribution in [0.3, 0.4) is 0 Å². The number of ether oxygens (including phenoxy) is 1. The fraction of sp³-hybridized carbons (Fsp3) is 1.00. The predicted molar refractivity (Wildman–Crippen MR) is 30.8 cm³/mol. The summed E-state index contributed by atoms with van der Waals surface area (Å²) in [5.41, 5.74) is 0. The highest BCUT2D eigenvalue weighted by Crippen LogP contribution is 2.28. The lowest BCUT2D eigenvalue weighted by Gasteiger charge is -1.95. The summed E-state index contributed by atoms with van der Waals surface area (Å²) in [7, 11) is 0. The predicted octanol–water partition coefficient (Wildman–Crippen LogP) is 0.137. The van der Waals surface area contributed by atoms with E-state index in [9.17, 15) is 0 Å². The van der Waals surface area contributed by atoms with Crippen molar-refractivity contribution < 1.29 is 4.74 Å². The molecule has 0 aromatic rings. The van der Waals surface area contributed by atoms with Gasteiger partial charge in [0.15, 0.2) is 0 Å². The monoisotopic (exact) mass is 113 g/mol. The van der Waals surface area contributed by atoms with Crippen molar-refractivity contribution in [1.82, 2.24) is 5.32 Å². The molecule has 2 heterocycles. The van der Waals surface area contributed by atoms with Crippen molar-refractivity contribution in [3.8, 4) is 0 Å². The van der Waals surface area contributed by atoms with Gasteiger partial charge in [0.25, 0.3) is 0 Å². The Labute approximate surface area is 49.2 Å². The molecule has 0 radical (unpaired) electrons. The van der Waals surface area contributed by atoms with Gasteiger partial charge >= 0.3 is 0 Å². The molecule has 1 N–H and O–H groups in total. The minimum atomic E-state index is 0.630. The summed E-state index contributed by atoms with van der Waals surface area (Å²) in [5, 5.41) is 3.33. The third kappa shape index (κ3) is 0.740. The Morgan fingerprint density at radius 1 is 1.12 bits per heavy atom. The van der Waals surface area contributed by atoms with E-state index >= 15 is 0 Å². The molecule has 2 saturated heterocycles. The summed E-state index contributed by atoms with van der Waals surface area (Å²) in [6.07, 6.45) is 3.71. The first-order chi connectivity index (χ1) is 3.97. The van der Waals surface area contributed by atoms with Crippen LogP contribution in [0.1, 0.15) is 12.8 Å². The van der Waals surface area contributed by atoms with E-state index in [2.05, 4.69) is 5.32 Å². The minimum absolute atomic E-state index is 0.630. The lowest BCUT2D eigenvalue weighted by atomic mass is 10.2. The first-order valence-corrected chi connectivity index (χ1v) is 3.33. The fourth-order valence-corrected chi connectivity index (χ4v) is 1.30. The van der Waals surface area contributed by atoms with Crippen LogP contribution in [0, 0.1) is 0 Å². The van der Waals surface area contributed by atoms with Crippen LogP contribution >= 0.6 is 0 Å². The van der Waals surface area contributed by atoms with Gasteiger partial charge < -0.3 is 10.1 Å². The molecule has 2 aliphatic heterocycles. The van der Waals surface area contributed by atoms with Crippen molar-refractivity contribution in [2.45, 2.75) is 25.0 Å². The van der Waals surface area contributed by atoms with Gasteiger partial charge in [-0.3, -0.25) is 0 Å². The van der Waals surface area contributed by atoms with Crippen LogP contribution in [0.2, 0.25) is 0 Å². The van der Waals surface area contributed by atoms with Crippen LogP contribution in [0.25, 0.3) is 0 Å². The Kier molecular flexibility index (Phi) is 1.02. The molecule has 2 fully saturated rings. The molecule has 46 valence electrons. The van der Waals surface area contributed by atoms with Crippen LogP contribution in [0.15, 0.2) is 0 Å². The van der Waals surface area contributed by atoms with Gasteiger partial charge in [0.1, 0.15) is 0 Å². The maximum Gasteiger partial charge on any atom is 0.0854 e. The van der Waals surface area contributed by atoms with Gasteiger partial charge in [-0.05, 0) is 25.9 Å². The van der Waals surface area contributed by atoms with Crippen molar-refractivity contribution in [2.24, 2.45) is 0 Å². The van der Waals surface area contributed by atoms with Gasteiger partial charge in [-0.1, -0.05) is 0 Å². The van der Waals surface area contributed by atoms with Crippen LogP contribution in [-0.2, 0) is 4.74 Å². The van der Waals surface area contributed by atoms with E-state index < -0.39 is 0 Å². The number of epoxide rings is 1. The van der Waals surface area contributed by atoms with Crippen LogP contribution in [-0.4, -0.2) is 25.3 Å². The van der Waals surface area contributed by atoms with Crippen LogP contribution in [0.4, 0.5) is 0 Å². The van der Waals surface area contributed by atoms with E-state index in [-0.39, 0.29) is 0 Å². The van der Waals surface area contributed by atoms with Crippen molar-refractivity contribution in [1.29, 1.82) is 0 Å². The zero-order valence-corrected chi connectivity index (χ0v) is 4.89. The van der Waals surface area contributed by atoms with Gasteiger partial charge in [-0.2, -0.15) is 0 Å². The molecule has 2 aliphatic rings. The molecule has 0 unspecified atom stereocenters. The van der Waals surface area contributed by atoms with Crippen molar-refractivity contribution >= 4 is 0 Å². The Bertz CT molecular complexity index is 84.5. The average molecular weight is 113 g/mol. The summed E-state index contributed by atoms with van der Waals surface area (Å²) in [5.74, 6) is 0. The lowest BCUT2D eigenvalue weighted by Crippen LogP contribution is -2.15. The summed E-state index contributed by atoms with van der Waals surface area (Å²) < 4.78 is 5.32. The summed E-state index contributed by atoms with van der Waals surface area (Å²) in [4.78, 5) is 0. The zero-order chi connectivity index (χ0) is 5.40. The molecule has 0 aromatic carbocycles. The lowest BCUT2D eigenvalue weighted by molar-refractivity contribution is 0.340. The number of hydrogen-bond acceptors (Lipinski definition) is 2. The maximum atomic E-state index is 5.32. The van der Waals surface area contributed by atoms with Crippen molar-refractivity contribution in [3.05, 3.63) is 0 Å². The van der Waals surface area contributed by atoms with Gasteiger partial charge in [0.2, 0.25) is 0 Å². The Hall–Kier alpha value is -0.0800. The summed E-state index contributed by atoms with van der Waals surface area (Å²) in [6, 6.07) is 0. The standard InChI is InChI=1S/C6H11NO/c1-3-7-4-2-6-5(1)8-6/h5-7H,1-4H2/t5-,6+. The minimum Gasteiger partial charge on any atom is -0.369 e. The van der Waals surface area contributed by atoms with Gasteiger partial charge in [0.05, 0.1) is 12.2 Å². The van der Waals surface area contributed by atoms with Crippen molar-refractivity contribution in [2.75, 3.05) is 13.1 Å². The quantitative estimate of drug-likeness (QED) is 0.452. The molecule has 0 amide bonds. The van der Waals surface area contributed by atoms with Crippen LogP contribution < -0.4 is 5.32 Å². The third-order valence-corrected chi connectivity index (χ3v) is 1.90. The molecule has 2 nitrogen and oxygen atoms in total. The molecule has 8 heavy (non-hydrogen) atoms. The Morgan fingerprint density at radius 3 is 2.38 bits per heavy atom. The molecule has 0 saturated carbocycles. The number of nitrogens with one attached hydrogen (secondary N) is 1. The average Bonchev–Trinajstić information content (AvgIpc) is 2.36. The maximum absolute atomic E-state index is 5.32.